The Morgan fingerprint density at radius 1 is 0.950 bits per heavy atom. The Hall–Kier alpha value is 0.140. The van der Waals surface area contributed by atoms with Crippen molar-refractivity contribution in [3.05, 3.63) is 0 Å². The molecule has 0 saturated heterocycles. The number of halogens is 3. The summed E-state index contributed by atoms with van der Waals surface area (Å²) < 4.78 is 43.7. The fraction of sp³-hybridized carbons (Fsp3) is 1.00. The second-order valence-electron chi connectivity index (χ2n) is 7.46. The first-order valence-electron chi connectivity index (χ1n) is 8.09. The van der Waals surface area contributed by atoms with Gasteiger partial charge in [-0.2, -0.15) is 12.6 Å². The third kappa shape index (κ3) is 2.50. The lowest BCUT2D eigenvalue weighted by atomic mass is 9.74. The van der Waals surface area contributed by atoms with E-state index in [1.165, 1.54) is 0 Å². The Labute approximate surface area is 125 Å². The summed E-state index contributed by atoms with van der Waals surface area (Å²) in [5.74, 6) is -4.13. The van der Waals surface area contributed by atoms with Crippen LogP contribution in [0.2, 0.25) is 0 Å². The Morgan fingerprint density at radius 2 is 1.60 bits per heavy atom. The monoisotopic (exact) mass is 306 g/mol. The summed E-state index contributed by atoms with van der Waals surface area (Å²) in [6, 6.07) is 0. The molecule has 0 heterocycles. The van der Waals surface area contributed by atoms with Crippen LogP contribution in [0.25, 0.3) is 0 Å². The van der Waals surface area contributed by atoms with Gasteiger partial charge in [0.25, 0.3) is 5.92 Å². The van der Waals surface area contributed by atoms with Gasteiger partial charge < -0.3 is 0 Å². The maximum absolute atomic E-state index is 14.7. The molecule has 3 saturated carbocycles. The third-order valence-corrected chi connectivity index (χ3v) is 6.55. The number of thiol groups is 1. The summed E-state index contributed by atoms with van der Waals surface area (Å²) in [6.07, 6.45) is 3.93. The Balaban J connectivity index is 1.76. The van der Waals surface area contributed by atoms with E-state index in [2.05, 4.69) is 12.6 Å². The van der Waals surface area contributed by atoms with Gasteiger partial charge in [0.1, 0.15) is 6.17 Å². The van der Waals surface area contributed by atoms with Gasteiger partial charge in [0, 0.05) is 11.2 Å². The number of hydrogen-bond donors (Lipinski definition) is 1. The van der Waals surface area contributed by atoms with Crippen LogP contribution in [-0.2, 0) is 0 Å². The van der Waals surface area contributed by atoms with Gasteiger partial charge >= 0.3 is 0 Å². The summed E-state index contributed by atoms with van der Waals surface area (Å²) in [6.45, 7) is 2.00. The van der Waals surface area contributed by atoms with Crippen molar-refractivity contribution in [1.82, 2.24) is 0 Å². The van der Waals surface area contributed by atoms with E-state index < -0.39 is 23.9 Å². The Bertz CT molecular complexity index is 352. The molecule has 3 aliphatic carbocycles. The fourth-order valence-electron chi connectivity index (χ4n) is 5.13. The molecule has 0 nitrogen and oxygen atoms in total. The van der Waals surface area contributed by atoms with Crippen molar-refractivity contribution in [3.63, 3.8) is 0 Å². The zero-order valence-electron chi connectivity index (χ0n) is 12.1. The minimum absolute atomic E-state index is 0.0847. The van der Waals surface area contributed by atoms with Crippen molar-refractivity contribution in [2.24, 2.45) is 29.6 Å². The van der Waals surface area contributed by atoms with Crippen molar-refractivity contribution in [3.8, 4) is 0 Å². The van der Waals surface area contributed by atoms with Crippen molar-refractivity contribution in [2.45, 2.75) is 69.2 Å². The summed E-state index contributed by atoms with van der Waals surface area (Å²) in [5, 5.41) is 0.373. The van der Waals surface area contributed by atoms with Crippen LogP contribution in [-0.4, -0.2) is 17.3 Å². The number of alkyl halides is 3. The summed E-state index contributed by atoms with van der Waals surface area (Å²) in [7, 11) is 0. The molecule has 116 valence electrons. The summed E-state index contributed by atoms with van der Waals surface area (Å²) in [5.41, 5.74) is 0. The zero-order chi connectivity index (χ0) is 14.5. The number of rotatable bonds is 1. The standard InChI is InChI=1S/C16H25F3S/c1-9-6-11-8-13(10-2-4-12(20)5-3-10)16(18,19)15(11)14(17)7-9/h9-15,20H,2-8H2,1H3. The van der Waals surface area contributed by atoms with Crippen LogP contribution in [0.1, 0.15) is 51.9 Å². The molecule has 4 heteroatoms. The van der Waals surface area contributed by atoms with Gasteiger partial charge in [-0.3, -0.25) is 0 Å². The lowest BCUT2D eigenvalue weighted by molar-refractivity contribution is -0.130. The molecule has 0 N–H and O–H groups in total. The molecule has 0 aromatic carbocycles. The lowest BCUT2D eigenvalue weighted by Gasteiger charge is -2.37. The largest absolute Gasteiger partial charge is 0.256 e. The summed E-state index contributed by atoms with van der Waals surface area (Å²) in [4.78, 5) is 0. The van der Waals surface area contributed by atoms with Crippen molar-refractivity contribution in [2.75, 3.05) is 0 Å². The predicted molar refractivity (Wildman–Crippen MR) is 78.1 cm³/mol. The fourth-order valence-corrected chi connectivity index (χ4v) is 5.42. The van der Waals surface area contributed by atoms with Crippen LogP contribution in [0.4, 0.5) is 13.2 Å². The van der Waals surface area contributed by atoms with Gasteiger partial charge in [0.05, 0.1) is 5.92 Å². The van der Waals surface area contributed by atoms with Crippen LogP contribution in [0.5, 0.6) is 0 Å². The number of hydrogen-bond acceptors (Lipinski definition) is 1. The van der Waals surface area contributed by atoms with E-state index in [0.717, 1.165) is 32.1 Å². The first-order valence-corrected chi connectivity index (χ1v) is 8.61. The first kappa shape index (κ1) is 15.1. The first-order chi connectivity index (χ1) is 9.39. The van der Waals surface area contributed by atoms with E-state index in [9.17, 15) is 13.2 Å². The molecule has 0 radical (unpaired) electrons. The van der Waals surface area contributed by atoms with Crippen molar-refractivity contribution >= 4 is 12.6 Å². The molecule has 5 atom stereocenters. The van der Waals surface area contributed by atoms with Gasteiger partial charge in [0.2, 0.25) is 0 Å². The van der Waals surface area contributed by atoms with Crippen molar-refractivity contribution in [1.29, 1.82) is 0 Å². The zero-order valence-corrected chi connectivity index (χ0v) is 13.0. The molecule has 0 aromatic heterocycles. The van der Waals surface area contributed by atoms with E-state index in [0.29, 0.717) is 18.1 Å². The van der Waals surface area contributed by atoms with Gasteiger partial charge in [0.15, 0.2) is 0 Å². The molecule has 0 amide bonds. The van der Waals surface area contributed by atoms with Crippen LogP contribution >= 0.6 is 12.6 Å². The highest BCUT2D eigenvalue weighted by molar-refractivity contribution is 7.80. The minimum Gasteiger partial charge on any atom is -0.247 e. The third-order valence-electron chi connectivity index (χ3n) is 6.04. The molecule has 3 fully saturated rings. The lowest BCUT2D eigenvalue weighted by Crippen LogP contribution is -2.43. The second-order valence-corrected chi connectivity index (χ2v) is 8.19. The molecule has 20 heavy (non-hydrogen) atoms. The van der Waals surface area contributed by atoms with Crippen LogP contribution in [0.3, 0.4) is 0 Å². The smallest absolute Gasteiger partial charge is 0.247 e. The predicted octanol–water partition coefficient (Wildman–Crippen LogP) is 5.13. The molecule has 3 rings (SSSR count). The van der Waals surface area contributed by atoms with E-state index >= 15 is 0 Å². The quantitative estimate of drug-likeness (QED) is 0.638. The second kappa shape index (κ2) is 5.40. The maximum Gasteiger partial charge on any atom is 0.256 e. The maximum atomic E-state index is 14.7. The molecule has 5 unspecified atom stereocenters. The van der Waals surface area contributed by atoms with E-state index in [-0.39, 0.29) is 17.8 Å². The minimum atomic E-state index is -2.79. The van der Waals surface area contributed by atoms with Gasteiger partial charge in [-0.05, 0) is 62.7 Å². The Morgan fingerprint density at radius 3 is 2.25 bits per heavy atom. The van der Waals surface area contributed by atoms with Crippen molar-refractivity contribution < 1.29 is 13.2 Å². The molecular weight excluding hydrogens is 281 g/mol. The summed E-state index contributed by atoms with van der Waals surface area (Å²) >= 11 is 4.45. The van der Waals surface area contributed by atoms with Gasteiger partial charge in [-0.25, -0.2) is 13.2 Å². The molecule has 3 aliphatic rings. The average molecular weight is 306 g/mol. The highest BCUT2D eigenvalue weighted by Gasteiger charge is 2.62. The molecule has 0 aromatic rings. The van der Waals surface area contributed by atoms with E-state index in [1.54, 1.807) is 0 Å². The van der Waals surface area contributed by atoms with Crippen LogP contribution < -0.4 is 0 Å². The normalized spacial score (nSPS) is 51.8. The Kier molecular flexibility index (Phi) is 4.07. The molecule has 0 spiro atoms. The average Bonchev–Trinajstić information content (AvgIpc) is 2.61. The number of fused-ring (bicyclic) bond motifs is 1. The van der Waals surface area contributed by atoms with Crippen LogP contribution in [0, 0.1) is 29.6 Å². The van der Waals surface area contributed by atoms with Crippen LogP contribution in [0.15, 0.2) is 0 Å². The van der Waals surface area contributed by atoms with E-state index in [4.69, 9.17) is 0 Å². The molecule has 0 bridgehead atoms. The van der Waals surface area contributed by atoms with E-state index in [1.807, 2.05) is 6.92 Å². The topological polar surface area (TPSA) is 0 Å². The highest BCUT2D eigenvalue weighted by atomic mass is 32.1. The van der Waals surface area contributed by atoms with Gasteiger partial charge in [-0.1, -0.05) is 6.92 Å². The molecular formula is C16H25F3S. The molecule has 0 aliphatic heterocycles. The van der Waals surface area contributed by atoms with Gasteiger partial charge in [-0.15, -0.1) is 0 Å². The SMILES string of the molecule is CC1CC(F)C2C(C1)CC(C1CCC(S)CC1)C2(F)F. The highest BCUT2D eigenvalue weighted by Crippen LogP contribution is 2.59.